The Morgan fingerprint density at radius 2 is 2.00 bits per heavy atom. The van der Waals surface area contributed by atoms with Gasteiger partial charge in [-0.25, -0.2) is 13.1 Å². The van der Waals surface area contributed by atoms with E-state index in [2.05, 4.69) is 4.72 Å². The molecule has 2 rings (SSSR count). The van der Waals surface area contributed by atoms with Gasteiger partial charge in [-0.2, -0.15) is 0 Å². The molecule has 0 aromatic heterocycles. The molecule has 6 heteroatoms. The second kappa shape index (κ2) is 6.78. The lowest BCUT2D eigenvalue weighted by Gasteiger charge is -2.11. The van der Waals surface area contributed by atoms with Crippen molar-refractivity contribution in [2.45, 2.75) is 43.4 Å². The van der Waals surface area contributed by atoms with Crippen LogP contribution >= 0.6 is 11.6 Å². The van der Waals surface area contributed by atoms with Gasteiger partial charge in [0.2, 0.25) is 10.0 Å². The van der Waals surface area contributed by atoms with E-state index in [9.17, 15) is 8.42 Å². The van der Waals surface area contributed by atoms with E-state index in [1.54, 1.807) is 6.07 Å². The molecule has 3 N–H and O–H groups in total. The van der Waals surface area contributed by atoms with Crippen molar-refractivity contribution in [2.24, 2.45) is 5.92 Å². The molecule has 0 aliphatic heterocycles. The molecule has 0 unspecified atom stereocenters. The Morgan fingerprint density at radius 1 is 1.30 bits per heavy atom. The molecule has 0 saturated heterocycles. The van der Waals surface area contributed by atoms with Crippen LogP contribution in [0.1, 0.15) is 38.5 Å². The van der Waals surface area contributed by atoms with Crippen molar-refractivity contribution in [2.75, 3.05) is 12.3 Å². The van der Waals surface area contributed by atoms with E-state index in [-0.39, 0.29) is 9.92 Å². The molecule has 1 aromatic carbocycles. The number of anilines is 1. The summed E-state index contributed by atoms with van der Waals surface area (Å²) in [5, 5.41) is 0.197. The average molecular weight is 317 g/mol. The maximum atomic E-state index is 12.2. The lowest BCUT2D eigenvalue weighted by Crippen LogP contribution is -2.25. The summed E-state index contributed by atoms with van der Waals surface area (Å²) in [6, 6.07) is 4.48. The van der Waals surface area contributed by atoms with Crippen LogP contribution in [0.2, 0.25) is 5.02 Å². The zero-order valence-corrected chi connectivity index (χ0v) is 13.0. The third-order valence-corrected chi connectivity index (χ3v) is 5.74. The Balaban J connectivity index is 1.88. The zero-order chi connectivity index (χ0) is 14.6. The molecule has 1 fully saturated rings. The first-order valence-electron chi connectivity index (χ1n) is 7.04. The quantitative estimate of drug-likeness (QED) is 0.625. The van der Waals surface area contributed by atoms with Gasteiger partial charge in [0.05, 0.1) is 5.02 Å². The summed E-state index contributed by atoms with van der Waals surface area (Å²) in [5.74, 6) is 0.774. The SMILES string of the molecule is Nc1ccc(Cl)c(S(=O)(=O)NCCCC2CCCC2)c1. The molecular formula is C14H21ClN2O2S. The molecule has 0 atom stereocenters. The average Bonchev–Trinajstić information content (AvgIpc) is 2.90. The van der Waals surface area contributed by atoms with E-state index in [4.69, 9.17) is 17.3 Å². The Labute approximate surface area is 125 Å². The Morgan fingerprint density at radius 3 is 2.70 bits per heavy atom. The molecule has 4 nitrogen and oxygen atoms in total. The van der Waals surface area contributed by atoms with E-state index in [0.717, 1.165) is 18.8 Å². The summed E-state index contributed by atoms with van der Waals surface area (Å²) in [7, 11) is -3.57. The van der Waals surface area contributed by atoms with Gasteiger partial charge in [0.25, 0.3) is 0 Å². The van der Waals surface area contributed by atoms with Crippen LogP contribution in [0.5, 0.6) is 0 Å². The van der Waals surface area contributed by atoms with Crippen LogP contribution in [-0.4, -0.2) is 15.0 Å². The monoisotopic (exact) mass is 316 g/mol. The minimum Gasteiger partial charge on any atom is -0.399 e. The maximum absolute atomic E-state index is 12.2. The lowest BCUT2D eigenvalue weighted by atomic mass is 10.0. The molecular weight excluding hydrogens is 296 g/mol. The molecule has 1 aromatic rings. The molecule has 0 amide bonds. The van der Waals surface area contributed by atoms with Crippen molar-refractivity contribution in [1.82, 2.24) is 4.72 Å². The van der Waals surface area contributed by atoms with E-state index in [0.29, 0.717) is 12.2 Å². The molecule has 1 aliphatic carbocycles. The van der Waals surface area contributed by atoms with E-state index in [1.165, 1.54) is 37.8 Å². The molecule has 0 spiro atoms. The smallest absolute Gasteiger partial charge is 0.242 e. The summed E-state index contributed by atoms with van der Waals surface area (Å²) >= 11 is 5.92. The highest BCUT2D eigenvalue weighted by atomic mass is 35.5. The number of hydrogen-bond acceptors (Lipinski definition) is 3. The third-order valence-electron chi connectivity index (χ3n) is 3.80. The topological polar surface area (TPSA) is 72.2 Å². The highest BCUT2D eigenvalue weighted by Crippen LogP contribution is 2.28. The number of nitrogen functional groups attached to an aromatic ring is 1. The van der Waals surface area contributed by atoms with Crippen molar-refractivity contribution in [3.05, 3.63) is 23.2 Å². The summed E-state index contributed by atoms with van der Waals surface area (Å²) in [6.07, 6.45) is 7.16. The fourth-order valence-corrected chi connectivity index (χ4v) is 4.31. The second-order valence-corrected chi connectivity index (χ2v) is 7.52. The Bertz CT molecular complexity index is 554. The largest absolute Gasteiger partial charge is 0.399 e. The van der Waals surface area contributed by atoms with Crippen LogP contribution in [0.3, 0.4) is 0 Å². The number of nitrogens with one attached hydrogen (secondary N) is 1. The van der Waals surface area contributed by atoms with Gasteiger partial charge in [-0.1, -0.05) is 37.3 Å². The number of benzene rings is 1. The lowest BCUT2D eigenvalue weighted by molar-refractivity contribution is 0.480. The summed E-state index contributed by atoms with van der Waals surface area (Å²) < 4.78 is 26.9. The number of hydrogen-bond donors (Lipinski definition) is 2. The first kappa shape index (κ1) is 15.6. The number of sulfonamides is 1. The van der Waals surface area contributed by atoms with E-state index >= 15 is 0 Å². The summed E-state index contributed by atoms with van der Waals surface area (Å²) in [6.45, 7) is 0.448. The van der Waals surface area contributed by atoms with E-state index in [1.807, 2.05) is 0 Å². The highest BCUT2D eigenvalue weighted by Gasteiger charge is 2.18. The molecule has 0 heterocycles. The standard InChI is InChI=1S/C14H21ClN2O2S/c15-13-8-7-12(16)10-14(13)20(18,19)17-9-3-6-11-4-1-2-5-11/h7-8,10-11,17H,1-6,9,16H2. The van der Waals surface area contributed by atoms with Crippen molar-refractivity contribution < 1.29 is 8.42 Å². The van der Waals surface area contributed by atoms with Crippen molar-refractivity contribution in [1.29, 1.82) is 0 Å². The van der Waals surface area contributed by atoms with E-state index < -0.39 is 10.0 Å². The van der Waals surface area contributed by atoms with Gasteiger partial charge in [-0.3, -0.25) is 0 Å². The van der Waals surface area contributed by atoms with Crippen molar-refractivity contribution >= 4 is 27.3 Å². The normalized spacial score (nSPS) is 16.6. The van der Waals surface area contributed by atoms with Crippen LogP contribution in [0.4, 0.5) is 5.69 Å². The van der Waals surface area contributed by atoms with Gasteiger partial charge in [-0.15, -0.1) is 0 Å². The number of halogens is 1. The first-order valence-corrected chi connectivity index (χ1v) is 8.90. The summed E-state index contributed by atoms with van der Waals surface area (Å²) in [5.41, 5.74) is 6.00. The maximum Gasteiger partial charge on any atom is 0.242 e. The van der Waals surface area contributed by atoms with Gasteiger partial charge in [0.1, 0.15) is 4.90 Å². The summed E-state index contributed by atoms with van der Waals surface area (Å²) in [4.78, 5) is 0.0556. The fourth-order valence-electron chi connectivity index (χ4n) is 2.70. The molecule has 112 valence electrons. The van der Waals surface area contributed by atoms with Gasteiger partial charge in [0.15, 0.2) is 0 Å². The minimum absolute atomic E-state index is 0.0556. The number of nitrogens with two attached hydrogens (primary N) is 1. The number of rotatable bonds is 6. The van der Waals surface area contributed by atoms with Crippen LogP contribution in [0.15, 0.2) is 23.1 Å². The Hall–Kier alpha value is -0.780. The van der Waals surface area contributed by atoms with Crippen LogP contribution < -0.4 is 10.5 Å². The van der Waals surface area contributed by atoms with Crippen molar-refractivity contribution in [3.8, 4) is 0 Å². The predicted octanol–water partition coefficient (Wildman–Crippen LogP) is 3.17. The molecule has 0 bridgehead atoms. The molecule has 1 saturated carbocycles. The minimum atomic E-state index is -3.57. The van der Waals surface area contributed by atoms with Crippen LogP contribution in [-0.2, 0) is 10.0 Å². The zero-order valence-electron chi connectivity index (χ0n) is 11.4. The van der Waals surface area contributed by atoms with Gasteiger partial charge < -0.3 is 5.73 Å². The van der Waals surface area contributed by atoms with Gasteiger partial charge in [-0.05, 0) is 37.0 Å². The highest BCUT2D eigenvalue weighted by molar-refractivity contribution is 7.89. The van der Waals surface area contributed by atoms with Crippen LogP contribution in [0.25, 0.3) is 0 Å². The van der Waals surface area contributed by atoms with Gasteiger partial charge >= 0.3 is 0 Å². The fraction of sp³-hybridized carbons (Fsp3) is 0.571. The molecule has 0 radical (unpaired) electrons. The second-order valence-electron chi connectivity index (χ2n) is 5.38. The Kier molecular flexibility index (Phi) is 5.29. The molecule has 1 aliphatic rings. The first-order chi connectivity index (χ1) is 9.49. The molecule has 20 heavy (non-hydrogen) atoms. The third kappa shape index (κ3) is 4.11. The predicted molar refractivity (Wildman–Crippen MR) is 82.2 cm³/mol. The van der Waals surface area contributed by atoms with Crippen LogP contribution in [0, 0.1) is 5.92 Å². The van der Waals surface area contributed by atoms with Crippen molar-refractivity contribution in [3.63, 3.8) is 0 Å². The van der Waals surface area contributed by atoms with Gasteiger partial charge in [0, 0.05) is 12.2 Å².